The van der Waals surface area contributed by atoms with Gasteiger partial charge in [0.05, 0.1) is 6.04 Å². The Morgan fingerprint density at radius 1 is 0.800 bits per heavy atom. The van der Waals surface area contributed by atoms with Gasteiger partial charge in [-0.1, -0.05) is 78.9 Å². The van der Waals surface area contributed by atoms with Gasteiger partial charge in [0.25, 0.3) is 5.24 Å². The number of rotatable bonds is 4. The van der Waals surface area contributed by atoms with Crippen LogP contribution in [-0.2, 0) is 4.79 Å². The number of hydrogen-bond donors (Lipinski definition) is 0. The van der Waals surface area contributed by atoms with Gasteiger partial charge in [-0.05, 0) is 17.2 Å². The first-order valence-electron chi connectivity index (χ1n) is 9.83. The van der Waals surface area contributed by atoms with Gasteiger partial charge in [0.1, 0.15) is 6.04 Å². The van der Waals surface area contributed by atoms with Crippen LogP contribution in [0.15, 0.2) is 91.1 Å². The predicted octanol–water partition coefficient (Wildman–Crippen LogP) is 5.65. The Labute approximate surface area is 179 Å². The molecule has 0 bridgehead atoms. The number of fused-ring (bicyclic) bond motifs is 1. The molecule has 0 radical (unpaired) electrons. The second-order valence-electron chi connectivity index (χ2n) is 7.43. The van der Waals surface area contributed by atoms with Crippen molar-refractivity contribution in [1.29, 1.82) is 0 Å². The number of carbonyl (C=O) groups excluding carboxylic acids is 2. The lowest BCUT2D eigenvalue weighted by atomic mass is 9.98. The number of nitrogens with zero attached hydrogens (tertiary/aromatic N) is 2. The van der Waals surface area contributed by atoms with E-state index in [4.69, 9.17) is 0 Å². The first-order valence-corrected chi connectivity index (χ1v) is 10.6. The number of benzene rings is 3. The standard InChI is InChI=1S/C25H20N2O2S/c1-26-23(24(28)30-25(26)29)20-16-27(21-15-9-8-14-19(20)21)22(17-10-4-2-5-11-17)18-12-6-3-7-13-18/h2-16,22-23H,1H3. The van der Waals surface area contributed by atoms with E-state index >= 15 is 0 Å². The van der Waals surface area contributed by atoms with Crippen LogP contribution in [0.4, 0.5) is 4.79 Å². The third kappa shape index (κ3) is 3.02. The molecule has 5 rings (SSSR count). The van der Waals surface area contributed by atoms with E-state index in [2.05, 4.69) is 34.9 Å². The smallest absolute Gasteiger partial charge is 0.289 e. The molecular formula is C25H20N2O2S. The summed E-state index contributed by atoms with van der Waals surface area (Å²) in [5.74, 6) is 0. The Hall–Kier alpha value is -3.31. The molecule has 1 fully saturated rings. The van der Waals surface area contributed by atoms with Crippen LogP contribution in [0.3, 0.4) is 0 Å². The Morgan fingerprint density at radius 3 is 1.93 bits per heavy atom. The van der Waals surface area contributed by atoms with Crippen molar-refractivity contribution < 1.29 is 9.59 Å². The van der Waals surface area contributed by atoms with Gasteiger partial charge < -0.3 is 9.47 Å². The first kappa shape index (κ1) is 18.7. The van der Waals surface area contributed by atoms with Crippen molar-refractivity contribution in [3.8, 4) is 0 Å². The molecule has 4 nitrogen and oxygen atoms in total. The topological polar surface area (TPSA) is 42.3 Å². The van der Waals surface area contributed by atoms with E-state index in [1.807, 2.05) is 60.8 Å². The van der Waals surface area contributed by atoms with Crippen LogP contribution in [0.5, 0.6) is 0 Å². The van der Waals surface area contributed by atoms with Crippen molar-refractivity contribution in [2.75, 3.05) is 7.05 Å². The highest BCUT2D eigenvalue weighted by atomic mass is 32.2. The monoisotopic (exact) mass is 412 g/mol. The molecule has 1 saturated heterocycles. The Morgan fingerprint density at radius 2 is 1.37 bits per heavy atom. The maximum atomic E-state index is 12.6. The summed E-state index contributed by atoms with van der Waals surface area (Å²) in [7, 11) is 1.70. The lowest BCUT2D eigenvalue weighted by Crippen LogP contribution is -2.23. The van der Waals surface area contributed by atoms with E-state index < -0.39 is 6.04 Å². The first-order chi connectivity index (χ1) is 14.6. The molecule has 30 heavy (non-hydrogen) atoms. The molecule has 0 saturated carbocycles. The summed E-state index contributed by atoms with van der Waals surface area (Å²) in [6.07, 6.45) is 2.05. The van der Waals surface area contributed by atoms with Crippen LogP contribution in [0, 0.1) is 0 Å². The van der Waals surface area contributed by atoms with Gasteiger partial charge in [0.2, 0.25) is 5.12 Å². The van der Waals surface area contributed by atoms with Gasteiger partial charge in [-0.2, -0.15) is 0 Å². The second-order valence-corrected chi connectivity index (χ2v) is 8.39. The van der Waals surface area contributed by atoms with Crippen LogP contribution in [0.25, 0.3) is 10.9 Å². The fourth-order valence-electron chi connectivity index (χ4n) is 4.26. The molecule has 1 atom stereocenters. The van der Waals surface area contributed by atoms with Gasteiger partial charge in [-0.15, -0.1) is 0 Å². The predicted molar refractivity (Wildman–Crippen MR) is 121 cm³/mol. The van der Waals surface area contributed by atoms with Crippen molar-refractivity contribution in [2.45, 2.75) is 12.1 Å². The highest BCUT2D eigenvalue weighted by Crippen LogP contribution is 2.41. The summed E-state index contributed by atoms with van der Waals surface area (Å²) < 4.78 is 2.23. The van der Waals surface area contributed by atoms with Gasteiger partial charge in [0.15, 0.2) is 0 Å². The van der Waals surface area contributed by atoms with E-state index in [1.165, 1.54) is 0 Å². The quantitative estimate of drug-likeness (QED) is 0.435. The van der Waals surface area contributed by atoms with E-state index in [1.54, 1.807) is 11.9 Å². The largest absolute Gasteiger partial charge is 0.335 e. The zero-order valence-corrected chi connectivity index (χ0v) is 17.3. The molecule has 5 heteroatoms. The van der Waals surface area contributed by atoms with Crippen LogP contribution in [-0.4, -0.2) is 26.9 Å². The maximum Gasteiger partial charge on any atom is 0.289 e. The SMILES string of the molecule is CN1C(=O)SC(=O)C1c1cn(C(c2ccccc2)c2ccccc2)c2ccccc12. The molecule has 1 aromatic heterocycles. The molecule has 3 aromatic carbocycles. The van der Waals surface area contributed by atoms with E-state index in [0.717, 1.165) is 39.4 Å². The second kappa shape index (κ2) is 7.50. The number of likely N-dealkylation sites (N-methyl/N-ethyl adjacent to an activating group) is 1. The minimum absolute atomic E-state index is 0.0452. The summed E-state index contributed by atoms with van der Waals surface area (Å²) in [5.41, 5.74) is 4.23. The molecular weight excluding hydrogens is 392 g/mol. The third-order valence-corrected chi connectivity index (χ3v) is 6.55. The Balaban J connectivity index is 1.76. The highest BCUT2D eigenvalue weighted by molar-refractivity contribution is 8.26. The Kier molecular flexibility index (Phi) is 4.68. The molecule has 0 spiro atoms. The molecule has 1 aliphatic rings. The minimum Gasteiger partial charge on any atom is -0.335 e. The molecule has 148 valence electrons. The van der Waals surface area contributed by atoms with Gasteiger partial charge in [-0.25, -0.2) is 0 Å². The average molecular weight is 413 g/mol. The van der Waals surface area contributed by atoms with Crippen LogP contribution >= 0.6 is 11.8 Å². The molecule has 0 aliphatic carbocycles. The van der Waals surface area contributed by atoms with Crippen LogP contribution < -0.4 is 0 Å². The van der Waals surface area contributed by atoms with Gasteiger partial charge in [-0.3, -0.25) is 9.59 Å². The van der Waals surface area contributed by atoms with Gasteiger partial charge >= 0.3 is 0 Å². The number of carbonyl (C=O) groups is 2. The summed E-state index contributed by atoms with van der Waals surface area (Å²) >= 11 is 0.789. The summed E-state index contributed by atoms with van der Waals surface area (Å²) in [6, 6.07) is 28.2. The maximum absolute atomic E-state index is 12.6. The number of aromatic nitrogens is 1. The Bertz CT molecular complexity index is 1190. The number of hydrogen-bond acceptors (Lipinski definition) is 3. The molecule has 0 N–H and O–H groups in total. The molecule has 1 unspecified atom stereocenters. The lowest BCUT2D eigenvalue weighted by Gasteiger charge is -2.22. The van der Waals surface area contributed by atoms with Gasteiger partial charge in [0, 0.05) is 41.5 Å². The highest BCUT2D eigenvalue weighted by Gasteiger charge is 2.40. The number of thioether (sulfide) groups is 1. The van der Waals surface area contributed by atoms with E-state index in [0.29, 0.717) is 0 Å². The minimum atomic E-state index is -0.569. The summed E-state index contributed by atoms with van der Waals surface area (Å²) in [6.45, 7) is 0. The zero-order valence-electron chi connectivity index (χ0n) is 16.4. The fraction of sp³-hybridized carbons (Fsp3) is 0.120. The van der Waals surface area contributed by atoms with Crippen molar-refractivity contribution >= 4 is 33.0 Å². The number of para-hydroxylation sites is 1. The molecule has 4 aromatic rings. The van der Waals surface area contributed by atoms with Crippen molar-refractivity contribution in [1.82, 2.24) is 9.47 Å². The molecule has 1 amide bonds. The van der Waals surface area contributed by atoms with Crippen LogP contribution in [0.2, 0.25) is 0 Å². The lowest BCUT2D eigenvalue weighted by molar-refractivity contribution is -0.113. The third-order valence-electron chi connectivity index (χ3n) is 5.66. The van der Waals surface area contributed by atoms with Crippen molar-refractivity contribution in [3.05, 3.63) is 108 Å². The van der Waals surface area contributed by atoms with E-state index in [-0.39, 0.29) is 16.4 Å². The molecule has 2 heterocycles. The normalized spacial score (nSPS) is 16.7. The average Bonchev–Trinajstić information content (AvgIpc) is 3.26. The van der Waals surface area contributed by atoms with Crippen LogP contribution in [0.1, 0.15) is 28.8 Å². The summed E-state index contributed by atoms with van der Waals surface area (Å²) in [5, 5.41) is 0.667. The van der Waals surface area contributed by atoms with Crippen molar-refractivity contribution in [3.63, 3.8) is 0 Å². The zero-order chi connectivity index (χ0) is 20.7. The molecule has 1 aliphatic heterocycles. The van der Waals surface area contributed by atoms with Crippen molar-refractivity contribution in [2.24, 2.45) is 0 Å². The fourth-order valence-corrected chi connectivity index (χ4v) is 5.08. The summed E-state index contributed by atoms with van der Waals surface area (Å²) in [4.78, 5) is 26.3. The number of amides is 1. The van der Waals surface area contributed by atoms with E-state index in [9.17, 15) is 9.59 Å².